The topological polar surface area (TPSA) is 34.1 Å². The second-order valence-electron chi connectivity index (χ2n) is 4.17. The first kappa shape index (κ1) is 13.1. The van der Waals surface area contributed by atoms with Crippen LogP contribution < -0.4 is 10.1 Å². The van der Waals surface area contributed by atoms with Crippen molar-refractivity contribution >= 4 is 11.3 Å². The minimum atomic E-state index is 0.888. The van der Waals surface area contributed by atoms with Gasteiger partial charge in [0.25, 0.3) is 0 Å². The molecule has 0 atom stereocenters. The smallest absolute Gasteiger partial charge is 0.118 e. The Morgan fingerprint density at radius 3 is 2.61 bits per heavy atom. The Hall–Kier alpha value is -1.39. The minimum absolute atomic E-state index is 0.888. The van der Waals surface area contributed by atoms with Crippen LogP contribution in [-0.2, 0) is 13.0 Å². The number of rotatable bonds is 5. The lowest BCUT2D eigenvalue weighted by atomic mass is 10.1. The molecule has 0 amide bonds. The fourth-order valence-electron chi connectivity index (χ4n) is 1.81. The van der Waals surface area contributed by atoms with Crippen molar-refractivity contribution in [3.05, 3.63) is 45.4 Å². The van der Waals surface area contributed by atoms with Gasteiger partial charge in [0.15, 0.2) is 0 Å². The Balaban J connectivity index is 2.10. The van der Waals surface area contributed by atoms with Crippen molar-refractivity contribution in [3.8, 4) is 5.75 Å². The molecule has 18 heavy (non-hydrogen) atoms. The van der Waals surface area contributed by atoms with Crippen molar-refractivity contribution in [2.75, 3.05) is 14.2 Å². The molecule has 0 aliphatic heterocycles. The number of hydrogen-bond acceptors (Lipinski definition) is 4. The van der Waals surface area contributed by atoms with Crippen molar-refractivity contribution < 1.29 is 4.74 Å². The van der Waals surface area contributed by atoms with Crippen molar-refractivity contribution in [1.82, 2.24) is 10.3 Å². The Morgan fingerprint density at radius 2 is 2.00 bits per heavy atom. The third-order valence-corrected chi connectivity index (χ3v) is 3.95. The lowest BCUT2D eigenvalue weighted by Gasteiger charge is -2.01. The van der Waals surface area contributed by atoms with Crippen LogP contribution in [0.15, 0.2) is 24.3 Å². The zero-order chi connectivity index (χ0) is 13.0. The van der Waals surface area contributed by atoms with E-state index in [1.54, 1.807) is 18.4 Å². The number of aryl methyl sites for hydroxylation is 1. The summed E-state index contributed by atoms with van der Waals surface area (Å²) in [7, 11) is 3.64. The highest BCUT2D eigenvalue weighted by Gasteiger charge is 2.07. The zero-order valence-corrected chi connectivity index (χ0v) is 11.8. The molecule has 0 aliphatic rings. The number of nitrogens with one attached hydrogen (secondary N) is 1. The van der Waals surface area contributed by atoms with Gasteiger partial charge in [-0.25, -0.2) is 4.98 Å². The van der Waals surface area contributed by atoms with Gasteiger partial charge >= 0.3 is 0 Å². The number of ether oxygens (including phenoxy) is 1. The molecule has 0 spiro atoms. The molecule has 0 unspecified atom stereocenters. The van der Waals surface area contributed by atoms with Crippen LogP contribution in [0.3, 0.4) is 0 Å². The molecule has 0 radical (unpaired) electrons. The van der Waals surface area contributed by atoms with Gasteiger partial charge in [-0.3, -0.25) is 0 Å². The molecule has 0 aliphatic carbocycles. The Kier molecular flexibility index (Phi) is 4.33. The highest BCUT2D eigenvalue weighted by atomic mass is 32.1. The van der Waals surface area contributed by atoms with E-state index >= 15 is 0 Å². The quantitative estimate of drug-likeness (QED) is 0.899. The van der Waals surface area contributed by atoms with E-state index in [1.807, 2.05) is 19.2 Å². The van der Waals surface area contributed by atoms with Gasteiger partial charge in [0.2, 0.25) is 0 Å². The lowest BCUT2D eigenvalue weighted by molar-refractivity contribution is 0.414. The highest BCUT2D eigenvalue weighted by molar-refractivity contribution is 7.11. The first-order chi connectivity index (χ1) is 8.72. The maximum atomic E-state index is 5.15. The van der Waals surface area contributed by atoms with Crippen molar-refractivity contribution in [1.29, 1.82) is 0 Å². The van der Waals surface area contributed by atoms with Gasteiger partial charge in [0.1, 0.15) is 5.75 Å². The molecule has 0 bridgehead atoms. The third-order valence-electron chi connectivity index (χ3n) is 2.79. The summed E-state index contributed by atoms with van der Waals surface area (Å²) in [5, 5.41) is 4.34. The second-order valence-corrected chi connectivity index (χ2v) is 5.34. The molecule has 1 N–H and O–H groups in total. The van der Waals surface area contributed by atoms with E-state index in [4.69, 9.17) is 4.74 Å². The molecule has 1 heterocycles. The molecule has 3 nitrogen and oxygen atoms in total. The normalized spacial score (nSPS) is 10.6. The minimum Gasteiger partial charge on any atom is -0.497 e. The van der Waals surface area contributed by atoms with Gasteiger partial charge in [-0.2, -0.15) is 0 Å². The summed E-state index contributed by atoms with van der Waals surface area (Å²) in [6.07, 6.45) is 0.888. The number of hydrogen-bond donors (Lipinski definition) is 1. The predicted octanol–water partition coefficient (Wildman–Crippen LogP) is 2.77. The molecule has 2 aromatic rings. The van der Waals surface area contributed by atoms with Crippen LogP contribution in [0.5, 0.6) is 5.75 Å². The average molecular weight is 262 g/mol. The van der Waals surface area contributed by atoms with Crippen LogP contribution in [0.4, 0.5) is 0 Å². The first-order valence-electron chi connectivity index (χ1n) is 5.95. The van der Waals surface area contributed by atoms with Crippen molar-refractivity contribution in [2.45, 2.75) is 19.9 Å². The largest absolute Gasteiger partial charge is 0.497 e. The van der Waals surface area contributed by atoms with E-state index in [-0.39, 0.29) is 0 Å². The van der Waals surface area contributed by atoms with Gasteiger partial charge in [-0.15, -0.1) is 11.3 Å². The molecule has 96 valence electrons. The number of benzene rings is 1. The lowest BCUT2D eigenvalue weighted by Crippen LogP contribution is -2.04. The van der Waals surface area contributed by atoms with Crippen molar-refractivity contribution in [3.63, 3.8) is 0 Å². The number of nitrogens with zero attached hydrogens (tertiary/aromatic N) is 1. The summed E-state index contributed by atoms with van der Waals surface area (Å²) >= 11 is 1.78. The van der Waals surface area contributed by atoms with Gasteiger partial charge in [0, 0.05) is 17.8 Å². The molecule has 0 fully saturated rings. The number of aromatic nitrogens is 1. The molecule has 1 aromatic carbocycles. The summed E-state index contributed by atoms with van der Waals surface area (Å²) in [6, 6.07) is 8.16. The van der Waals surface area contributed by atoms with E-state index in [2.05, 4.69) is 29.4 Å². The van der Waals surface area contributed by atoms with Crippen LogP contribution in [0, 0.1) is 6.92 Å². The predicted molar refractivity (Wildman–Crippen MR) is 75.4 cm³/mol. The third kappa shape index (κ3) is 3.09. The molecular weight excluding hydrogens is 244 g/mol. The molecule has 4 heteroatoms. The monoisotopic (exact) mass is 262 g/mol. The SMILES string of the molecule is CNCc1sc(Cc2ccc(OC)cc2)nc1C. The Morgan fingerprint density at radius 1 is 1.28 bits per heavy atom. The Labute approximate surface area is 112 Å². The summed E-state index contributed by atoms with van der Waals surface area (Å²) in [6.45, 7) is 2.97. The zero-order valence-electron chi connectivity index (χ0n) is 11.0. The van der Waals surface area contributed by atoms with Crippen LogP contribution in [0.25, 0.3) is 0 Å². The standard InChI is InChI=1S/C14H18N2OS/c1-10-13(9-15-2)18-14(16-10)8-11-4-6-12(17-3)7-5-11/h4-7,15H,8-9H2,1-3H3. The van der Waals surface area contributed by atoms with Gasteiger partial charge in [-0.1, -0.05) is 12.1 Å². The van der Waals surface area contributed by atoms with E-state index < -0.39 is 0 Å². The summed E-state index contributed by atoms with van der Waals surface area (Å²) in [4.78, 5) is 5.93. The highest BCUT2D eigenvalue weighted by Crippen LogP contribution is 2.21. The Bertz CT molecular complexity index is 505. The molecule has 2 rings (SSSR count). The molecular formula is C14H18N2OS. The summed E-state index contributed by atoms with van der Waals surface area (Å²) in [5.41, 5.74) is 2.40. The van der Waals surface area contributed by atoms with Crippen LogP contribution >= 0.6 is 11.3 Å². The van der Waals surface area contributed by atoms with Gasteiger partial charge in [0.05, 0.1) is 17.8 Å². The summed E-state index contributed by atoms with van der Waals surface area (Å²) < 4.78 is 5.15. The average Bonchev–Trinajstić information content (AvgIpc) is 2.71. The van der Waals surface area contributed by atoms with E-state index in [1.165, 1.54) is 15.4 Å². The molecule has 1 aromatic heterocycles. The fraction of sp³-hybridized carbons (Fsp3) is 0.357. The van der Waals surface area contributed by atoms with Gasteiger partial charge < -0.3 is 10.1 Å². The van der Waals surface area contributed by atoms with E-state index in [0.717, 1.165) is 24.4 Å². The second kappa shape index (κ2) is 5.98. The van der Waals surface area contributed by atoms with E-state index in [9.17, 15) is 0 Å². The number of methoxy groups -OCH3 is 1. The summed E-state index contributed by atoms with van der Waals surface area (Å²) in [5.74, 6) is 0.893. The van der Waals surface area contributed by atoms with Crippen molar-refractivity contribution in [2.24, 2.45) is 0 Å². The van der Waals surface area contributed by atoms with Crippen LogP contribution in [0.1, 0.15) is 21.1 Å². The van der Waals surface area contributed by atoms with Gasteiger partial charge in [-0.05, 0) is 31.7 Å². The number of thiazole rings is 1. The van der Waals surface area contributed by atoms with Crippen LogP contribution in [-0.4, -0.2) is 19.1 Å². The molecule has 0 saturated carbocycles. The van der Waals surface area contributed by atoms with E-state index in [0.29, 0.717) is 0 Å². The maximum Gasteiger partial charge on any atom is 0.118 e. The fourth-order valence-corrected chi connectivity index (χ4v) is 2.92. The maximum absolute atomic E-state index is 5.15. The first-order valence-corrected chi connectivity index (χ1v) is 6.77. The molecule has 0 saturated heterocycles. The van der Waals surface area contributed by atoms with Crippen LogP contribution in [0.2, 0.25) is 0 Å².